The Morgan fingerprint density at radius 1 is 1.19 bits per heavy atom. The molecule has 0 spiro atoms. The van der Waals surface area contributed by atoms with Crippen molar-refractivity contribution in [2.24, 2.45) is 5.92 Å². The quantitative estimate of drug-likeness (QED) is 0.820. The smallest absolute Gasteiger partial charge is 0.228 e. The third-order valence-electron chi connectivity index (χ3n) is 4.76. The van der Waals surface area contributed by atoms with Crippen molar-refractivity contribution in [3.05, 3.63) is 64.7 Å². The van der Waals surface area contributed by atoms with E-state index in [1.165, 1.54) is 4.31 Å². The van der Waals surface area contributed by atoms with E-state index in [9.17, 15) is 13.2 Å². The highest BCUT2D eigenvalue weighted by Crippen LogP contribution is 2.25. The van der Waals surface area contributed by atoms with E-state index in [1.807, 2.05) is 31.2 Å². The standard InChI is InChI=1S/C20H23ClN2O3S/c1-15-8-10-18(11-9-15)22-20(24)16-6-4-12-23(13-16)27(25,26)14-17-5-2-3-7-19(17)21/h2-3,5,7-11,16H,4,6,12-14H2,1H3,(H,22,24)/t16-/m0/s1. The summed E-state index contributed by atoms with van der Waals surface area (Å²) < 4.78 is 27.0. The van der Waals surface area contributed by atoms with Crippen LogP contribution in [-0.4, -0.2) is 31.7 Å². The van der Waals surface area contributed by atoms with Gasteiger partial charge in [-0.3, -0.25) is 4.79 Å². The molecule has 2 aromatic rings. The summed E-state index contributed by atoms with van der Waals surface area (Å²) in [5, 5.41) is 3.32. The summed E-state index contributed by atoms with van der Waals surface area (Å²) in [5.74, 6) is -0.656. The van der Waals surface area contributed by atoms with Gasteiger partial charge in [-0.2, -0.15) is 0 Å². The first kappa shape index (κ1) is 19.9. The van der Waals surface area contributed by atoms with E-state index in [1.54, 1.807) is 24.3 Å². The van der Waals surface area contributed by atoms with Crippen LogP contribution < -0.4 is 5.32 Å². The van der Waals surface area contributed by atoms with Crippen LogP contribution in [0.25, 0.3) is 0 Å². The zero-order valence-electron chi connectivity index (χ0n) is 15.2. The lowest BCUT2D eigenvalue weighted by Gasteiger charge is -2.31. The molecule has 0 saturated carbocycles. The number of aryl methyl sites for hydroxylation is 1. The second-order valence-electron chi connectivity index (χ2n) is 6.90. The number of nitrogens with zero attached hydrogens (tertiary/aromatic N) is 1. The molecule has 1 saturated heterocycles. The molecule has 1 N–H and O–H groups in total. The predicted molar refractivity (Wildman–Crippen MR) is 108 cm³/mol. The van der Waals surface area contributed by atoms with Gasteiger partial charge in [0.2, 0.25) is 15.9 Å². The summed E-state index contributed by atoms with van der Waals surface area (Å²) in [5.41, 5.74) is 2.41. The monoisotopic (exact) mass is 406 g/mol. The summed E-state index contributed by atoms with van der Waals surface area (Å²) in [4.78, 5) is 12.6. The molecule has 1 aliphatic heterocycles. The van der Waals surface area contributed by atoms with E-state index >= 15 is 0 Å². The fraction of sp³-hybridized carbons (Fsp3) is 0.350. The van der Waals surface area contributed by atoms with Gasteiger partial charge in [-0.05, 0) is 43.5 Å². The van der Waals surface area contributed by atoms with Crippen LogP contribution >= 0.6 is 11.6 Å². The minimum atomic E-state index is -3.53. The molecule has 1 amide bonds. The van der Waals surface area contributed by atoms with Crippen LogP contribution in [0.2, 0.25) is 5.02 Å². The lowest BCUT2D eigenvalue weighted by atomic mass is 9.98. The Balaban J connectivity index is 1.66. The molecule has 0 bridgehead atoms. The third-order valence-corrected chi connectivity index (χ3v) is 6.93. The van der Waals surface area contributed by atoms with Gasteiger partial charge in [0.1, 0.15) is 0 Å². The number of sulfonamides is 1. The molecule has 144 valence electrons. The molecule has 27 heavy (non-hydrogen) atoms. The minimum Gasteiger partial charge on any atom is -0.326 e. The predicted octanol–water partition coefficient (Wildman–Crippen LogP) is 3.83. The van der Waals surface area contributed by atoms with Gasteiger partial charge in [-0.15, -0.1) is 0 Å². The molecule has 3 rings (SSSR count). The van der Waals surface area contributed by atoms with E-state index in [2.05, 4.69) is 5.32 Å². The second kappa shape index (κ2) is 8.42. The lowest BCUT2D eigenvalue weighted by Crippen LogP contribution is -2.44. The van der Waals surface area contributed by atoms with E-state index in [0.717, 1.165) is 11.3 Å². The number of carbonyl (C=O) groups excluding carboxylic acids is 1. The van der Waals surface area contributed by atoms with Crippen molar-refractivity contribution in [1.82, 2.24) is 4.31 Å². The summed E-state index contributed by atoms with van der Waals surface area (Å²) in [6.07, 6.45) is 1.34. The number of hydrogen-bond acceptors (Lipinski definition) is 3. The SMILES string of the molecule is Cc1ccc(NC(=O)[C@H]2CCCN(S(=O)(=O)Cc3ccccc3Cl)C2)cc1. The van der Waals surface area contributed by atoms with E-state index < -0.39 is 10.0 Å². The molecule has 7 heteroatoms. The molecule has 1 atom stereocenters. The maximum atomic E-state index is 12.8. The number of piperidine rings is 1. The van der Waals surface area contributed by atoms with Crippen molar-refractivity contribution < 1.29 is 13.2 Å². The number of amides is 1. The number of halogens is 1. The van der Waals surface area contributed by atoms with Crippen molar-refractivity contribution in [3.63, 3.8) is 0 Å². The zero-order valence-corrected chi connectivity index (χ0v) is 16.8. The third kappa shape index (κ3) is 5.09. The molecule has 0 radical (unpaired) electrons. The highest BCUT2D eigenvalue weighted by atomic mass is 35.5. The van der Waals surface area contributed by atoms with Gasteiger partial charge in [0.25, 0.3) is 0 Å². The number of carbonyl (C=O) groups is 1. The summed E-state index contributed by atoms with van der Waals surface area (Å²) in [7, 11) is -3.53. The fourth-order valence-corrected chi connectivity index (χ4v) is 5.12. The van der Waals surface area contributed by atoms with Crippen LogP contribution in [0.15, 0.2) is 48.5 Å². The first-order valence-electron chi connectivity index (χ1n) is 8.94. The Bertz CT molecular complexity index is 913. The minimum absolute atomic E-state index is 0.142. The maximum absolute atomic E-state index is 12.8. The molecule has 5 nitrogen and oxygen atoms in total. The van der Waals surface area contributed by atoms with Gasteiger partial charge >= 0.3 is 0 Å². The number of nitrogens with one attached hydrogen (secondary N) is 1. The van der Waals surface area contributed by atoms with Crippen LogP contribution in [0.4, 0.5) is 5.69 Å². The van der Waals surface area contributed by atoms with Crippen molar-refractivity contribution in [1.29, 1.82) is 0 Å². The molecule has 1 aliphatic rings. The Hall–Kier alpha value is -1.89. The van der Waals surface area contributed by atoms with Gasteiger partial charge in [0.05, 0.1) is 11.7 Å². The molecule has 0 aliphatic carbocycles. The molecular weight excluding hydrogens is 384 g/mol. The Kier molecular flexibility index (Phi) is 6.19. The fourth-order valence-electron chi connectivity index (χ4n) is 3.19. The van der Waals surface area contributed by atoms with Crippen LogP contribution in [0.1, 0.15) is 24.0 Å². The Morgan fingerprint density at radius 3 is 2.59 bits per heavy atom. The molecule has 1 heterocycles. The number of anilines is 1. The highest BCUT2D eigenvalue weighted by molar-refractivity contribution is 7.88. The first-order chi connectivity index (χ1) is 12.8. The van der Waals surface area contributed by atoms with Crippen LogP contribution in [0.5, 0.6) is 0 Å². The van der Waals surface area contributed by atoms with Gasteiger partial charge in [0.15, 0.2) is 0 Å². The highest BCUT2D eigenvalue weighted by Gasteiger charge is 2.32. The molecule has 0 aromatic heterocycles. The summed E-state index contributed by atoms with van der Waals surface area (Å²) in [6, 6.07) is 14.5. The number of rotatable bonds is 5. The lowest BCUT2D eigenvalue weighted by molar-refractivity contribution is -0.120. The van der Waals surface area contributed by atoms with Crippen molar-refractivity contribution in [2.45, 2.75) is 25.5 Å². The van der Waals surface area contributed by atoms with E-state index in [0.29, 0.717) is 30.0 Å². The van der Waals surface area contributed by atoms with Crippen molar-refractivity contribution in [2.75, 3.05) is 18.4 Å². The molecular formula is C20H23ClN2O3S. The van der Waals surface area contributed by atoms with Gasteiger partial charge in [-0.25, -0.2) is 12.7 Å². The van der Waals surface area contributed by atoms with Gasteiger partial charge in [0, 0.05) is 23.8 Å². The molecule has 2 aromatic carbocycles. The Labute approximate surface area is 165 Å². The van der Waals surface area contributed by atoms with Crippen LogP contribution in [0, 0.1) is 12.8 Å². The van der Waals surface area contributed by atoms with Crippen molar-refractivity contribution in [3.8, 4) is 0 Å². The topological polar surface area (TPSA) is 66.5 Å². The molecule has 1 fully saturated rings. The van der Waals surface area contributed by atoms with Crippen LogP contribution in [-0.2, 0) is 20.6 Å². The Morgan fingerprint density at radius 2 is 1.89 bits per heavy atom. The normalized spacial score (nSPS) is 18.2. The van der Waals surface area contributed by atoms with Crippen molar-refractivity contribution >= 4 is 33.2 Å². The summed E-state index contributed by atoms with van der Waals surface area (Å²) >= 11 is 6.10. The maximum Gasteiger partial charge on any atom is 0.228 e. The average molecular weight is 407 g/mol. The van der Waals surface area contributed by atoms with E-state index in [-0.39, 0.29) is 24.1 Å². The van der Waals surface area contributed by atoms with Gasteiger partial charge in [-0.1, -0.05) is 47.5 Å². The first-order valence-corrected chi connectivity index (χ1v) is 10.9. The van der Waals surface area contributed by atoms with E-state index in [4.69, 9.17) is 11.6 Å². The largest absolute Gasteiger partial charge is 0.326 e. The van der Waals surface area contributed by atoms with Gasteiger partial charge < -0.3 is 5.32 Å². The average Bonchev–Trinajstić information content (AvgIpc) is 2.65. The number of benzene rings is 2. The summed E-state index contributed by atoms with van der Waals surface area (Å²) in [6.45, 7) is 2.61. The van der Waals surface area contributed by atoms with Crippen LogP contribution in [0.3, 0.4) is 0 Å². The number of hydrogen-bond donors (Lipinski definition) is 1. The molecule has 0 unspecified atom stereocenters. The zero-order chi connectivity index (χ0) is 19.4. The second-order valence-corrected chi connectivity index (χ2v) is 9.28.